The third kappa shape index (κ3) is 3.39. The van der Waals surface area contributed by atoms with Crippen LogP contribution in [0.5, 0.6) is 0 Å². The van der Waals surface area contributed by atoms with Crippen LogP contribution in [-0.2, 0) is 25.2 Å². The number of carbonyl (C=O) groups excluding carboxylic acids is 1. The Morgan fingerprint density at radius 3 is 3.00 bits per heavy atom. The van der Waals surface area contributed by atoms with Crippen molar-refractivity contribution >= 4 is 17.6 Å². The second-order valence-electron chi connectivity index (χ2n) is 3.17. The summed E-state index contributed by atoms with van der Waals surface area (Å²) in [7, 11) is 0. The van der Waals surface area contributed by atoms with E-state index in [0.29, 0.717) is 28.7 Å². The second-order valence-corrected chi connectivity index (χ2v) is 3.56. The van der Waals surface area contributed by atoms with Crippen LogP contribution in [0.15, 0.2) is 18.3 Å². The van der Waals surface area contributed by atoms with Crippen LogP contribution >= 0.6 is 11.6 Å². The third-order valence-corrected chi connectivity index (χ3v) is 2.22. The van der Waals surface area contributed by atoms with Crippen LogP contribution in [-0.4, -0.2) is 27.8 Å². The minimum Gasteiger partial charge on any atom is -0.461 e. The van der Waals surface area contributed by atoms with Gasteiger partial charge in [-0.3, -0.25) is 5.10 Å². The van der Waals surface area contributed by atoms with Crippen LogP contribution in [0.3, 0.4) is 0 Å². The van der Waals surface area contributed by atoms with Gasteiger partial charge in [-0.15, -0.1) is 29.3 Å². The average Bonchev–Trinajstić information content (AvgIpc) is 2.80. The minimum atomic E-state index is -0.437. The summed E-state index contributed by atoms with van der Waals surface area (Å²) in [6.07, 6.45) is 1.54. The Morgan fingerprint density at radius 1 is 1.61 bits per heavy atom. The molecule has 18 heavy (non-hydrogen) atoms. The monoisotopic (exact) mass is 437 g/mol. The number of ether oxygens (including phenoxy) is 1. The van der Waals surface area contributed by atoms with Gasteiger partial charge in [-0.05, 0) is 13.0 Å². The van der Waals surface area contributed by atoms with E-state index in [1.165, 1.54) is 12.3 Å². The standard InChI is InChI=1S/C11H9ClN3O2.Re/c1-2-17-11(16)9-5-8(14-15-9)7-3-4-10(12)13-6-7;/h4-6H,2H2,1H3,(H,14,15);/q-1;. The SMILES string of the molecule is CCOC(=O)c1cc(-c2[c-]cc(Cl)nc2)n[nH]1.[Re]. The molecule has 0 bridgehead atoms. The molecule has 1 radical (unpaired) electrons. The molecule has 0 aromatic carbocycles. The molecular weight excluding hydrogens is 428 g/mol. The van der Waals surface area contributed by atoms with E-state index < -0.39 is 5.97 Å². The zero-order chi connectivity index (χ0) is 12.3. The summed E-state index contributed by atoms with van der Waals surface area (Å²) in [6.45, 7) is 2.06. The maximum Gasteiger partial charge on any atom is 0.355 e. The Morgan fingerprint density at radius 2 is 2.39 bits per heavy atom. The number of rotatable bonds is 3. The molecule has 2 rings (SSSR count). The van der Waals surface area contributed by atoms with Crippen molar-refractivity contribution in [1.29, 1.82) is 0 Å². The normalized spacial score (nSPS) is 9.67. The number of nitrogens with one attached hydrogen (secondary N) is 1. The molecule has 0 saturated heterocycles. The molecule has 2 aromatic rings. The van der Waals surface area contributed by atoms with Gasteiger partial charge in [0, 0.05) is 31.3 Å². The molecule has 7 heteroatoms. The average molecular weight is 437 g/mol. The summed E-state index contributed by atoms with van der Waals surface area (Å²) in [6, 6.07) is 6.03. The van der Waals surface area contributed by atoms with Gasteiger partial charge in [0.2, 0.25) is 0 Å². The van der Waals surface area contributed by atoms with Gasteiger partial charge in [0.1, 0.15) is 5.69 Å². The van der Waals surface area contributed by atoms with Crippen LogP contribution in [0.1, 0.15) is 17.4 Å². The second kappa shape index (κ2) is 6.64. The summed E-state index contributed by atoms with van der Waals surface area (Å²) < 4.78 is 4.84. The van der Waals surface area contributed by atoms with E-state index in [1.54, 1.807) is 13.0 Å². The van der Waals surface area contributed by atoms with Gasteiger partial charge in [0.05, 0.1) is 6.61 Å². The molecule has 0 atom stereocenters. The third-order valence-electron chi connectivity index (χ3n) is 2.01. The molecule has 0 saturated carbocycles. The van der Waals surface area contributed by atoms with E-state index >= 15 is 0 Å². The number of halogens is 1. The predicted molar refractivity (Wildman–Crippen MR) is 61.6 cm³/mol. The Kier molecular flexibility index (Phi) is 5.48. The van der Waals surface area contributed by atoms with Crippen molar-refractivity contribution in [2.45, 2.75) is 6.92 Å². The topological polar surface area (TPSA) is 67.9 Å². The van der Waals surface area contributed by atoms with Gasteiger partial charge in [-0.2, -0.15) is 0 Å². The number of esters is 1. The minimum absolute atomic E-state index is 0. The number of aromatic nitrogens is 3. The van der Waals surface area contributed by atoms with E-state index in [0.717, 1.165) is 0 Å². The summed E-state index contributed by atoms with van der Waals surface area (Å²) in [4.78, 5) is 15.3. The smallest absolute Gasteiger partial charge is 0.355 e. The van der Waals surface area contributed by atoms with Crippen molar-refractivity contribution in [3.63, 3.8) is 0 Å². The summed E-state index contributed by atoms with van der Waals surface area (Å²) >= 11 is 5.65. The number of nitrogens with zero attached hydrogens (tertiary/aromatic N) is 2. The van der Waals surface area contributed by atoms with E-state index in [1.807, 2.05) is 0 Å². The molecule has 1 N–H and O–H groups in total. The zero-order valence-electron chi connectivity index (χ0n) is 9.41. The number of aromatic amines is 1. The van der Waals surface area contributed by atoms with Gasteiger partial charge in [-0.25, -0.2) is 9.89 Å². The molecule has 0 aliphatic carbocycles. The molecule has 0 amide bonds. The van der Waals surface area contributed by atoms with Crippen molar-refractivity contribution in [2.75, 3.05) is 6.61 Å². The van der Waals surface area contributed by atoms with Crippen molar-refractivity contribution in [3.05, 3.63) is 35.2 Å². The molecule has 0 aliphatic heterocycles. The molecule has 2 heterocycles. The fraction of sp³-hybridized carbons (Fsp3) is 0.182. The summed E-state index contributed by atoms with van der Waals surface area (Å²) in [5.41, 5.74) is 1.52. The number of carbonyl (C=O) groups is 1. The predicted octanol–water partition coefficient (Wildman–Crippen LogP) is 2.10. The maximum atomic E-state index is 11.4. The zero-order valence-corrected chi connectivity index (χ0v) is 12.9. The molecule has 0 spiro atoms. The number of hydrogen-bond donors (Lipinski definition) is 1. The van der Waals surface area contributed by atoms with Crippen LogP contribution < -0.4 is 0 Å². The van der Waals surface area contributed by atoms with Crippen molar-refractivity contribution in [2.24, 2.45) is 0 Å². The van der Waals surface area contributed by atoms with Gasteiger partial charge in [0.25, 0.3) is 0 Å². The van der Waals surface area contributed by atoms with Gasteiger partial charge < -0.3 is 9.72 Å². The largest absolute Gasteiger partial charge is 0.461 e. The molecule has 0 fully saturated rings. The van der Waals surface area contributed by atoms with Crippen molar-refractivity contribution in [1.82, 2.24) is 15.2 Å². The first-order valence-electron chi connectivity index (χ1n) is 4.97. The number of H-pyrrole nitrogens is 1. The first-order valence-corrected chi connectivity index (χ1v) is 5.34. The first-order chi connectivity index (χ1) is 8.20. The van der Waals surface area contributed by atoms with Crippen LogP contribution in [0, 0.1) is 6.07 Å². The van der Waals surface area contributed by atoms with Crippen molar-refractivity contribution in [3.8, 4) is 11.3 Å². The Hall–Kier alpha value is -1.22. The Balaban J connectivity index is 0.00000162. The van der Waals surface area contributed by atoms with Gasteiger partial charge in [-0.1, -0.05) is 6.20 Å². The molecule has 0 unspecified atom stereocenters. The van der Waals surface area contributed by atoms with Crippen LogP contribution in [0.2, 0.25) is 5.15 Å². The van der Waals surface area contributed by atoms with E-state index in [4.69, 9.17) is 16.3 Å². The first kappa shape index (κ1) is 14.8. The maximum absolute atomic E-state index is 11.4. The summed E-state index contributed by atoms with van der Waals surface area (Å²) in [5, 5.41) is 6.93. The van der Waals surface area contributed by atoms with E-state index in [2.05, 4.69) is 21.2 Å². The fourth-order valence-electron chi connectivity index (χ4n) is 1.25. The van der Waals surface area contributed by atoms with Crippen LogP contribution in [0.4, 0.5) is 0 Å². The number of hydrogen-bond acceptors (Lipinski definition) is 4. The Bertz CT molecular complexity index is 527. The fourth-order valence-corrected chi connectivity index (χ4v) is 1.35. The quantitative estimate of drug-likeness (QED) is 0.454. The molecule has 95 valence electrons. The molecule has 2 aromatic heterocycles. The summed E-state index contributed by atoms with van der Waals surface area (Å²) in [5.74, 6) is -0.437. The Labute approximate surface area is 123 Å². The molecular formula is C11H9ClN3O2Re-. The van der Waals surface area contributed by atoms with E-state index in [-0.39, 0.29) is 20.4 Å². The van der Waals surface area contributed by atoms with Crippen molar-refractivity contribution < 1.29 is 30.0 Å². The van der Waals surface area contributed by atoms with Gasteiger partial charge in [0.15, 0.2) is 0 Å². The number of pyridine rings is 1. The van der Waals surface area contributed by atoms with Gasteiger partial charge >= 0.3 is 5.97 Å². The molecule has 0 aliphatic rings. The van der Waals surface area contributed by atoms with Crippen LogP contribution in [0.25, 0.3) is 11.3 Å². The molecule has 5 nitrogen and oxygen atoms in total. The van der Waals surface area contributed by atoms with E-state index in [9.17, 15) is 4.79 Å².